The van der Waals surface area contributed by atoms with Crippen LogP contribution in [-0.2, 0) is 10.0 Å². The van der Waals surface area contributed by atoms with Crippen LogP contribution in [0.3, 0.4) is 0 Å². The minimum Gasteiger partial charge on any atom is -0.351 e. The lowest BCUT2D eigenvalue weighted by molar-refractivity contribution is 0.0948. The molecular weight excluding hydrogens is 467 g/mol. The highest BCUT2D eigenvalue weighted by Crippen LogP contribution is 2.28. The molecule has 7 nitrogen and oxygen atoms in total. The third kappa shape index (κ3) is 5.54. The molecule has 4 rings (SSSR count). The highest BCUT2D eigenvalue weighted by atomic mass is 35.5. The summed E-state index contributed by atoms with van der Waals surface area (Å²) in [6, 6.07) is 7.12. The van der Waals surface area contributed by atoms with Crippen LogP contribution >= 0.6 is 11.6 Å². The van der Waals surface area contributed by atoms with Crippen molar-refractivity contribution in [2.45, 2.75) is 37.0 Å². The topological polar surface area (TPSA) is 95.2 Å². The van der Waals surface area contributed by atoms with Crippen LogP contribution in [0.15, 0.2) is 47.6 Å². The number of aromatic amines is 1. The van der Waals surface area contributed by atoms with Gasteiger partial charge in [-0.15, -0.1) is 0 Å². The molecule has 1 aliphatic rings. The van der Waals surface area contributed by atoms with Crippen molar-refractivity contribution in [2.75, 3.05) is 19.6 Å². The number of unbranched alkanes of at least 4 members (excludes halogenated alkanes) is 1. The maximum Gasteiger partial charge on any atom is 0.267 e. The quantitative estimate of drug-likeness (QED) is 0.457. The Morgan fingerprint density at radius 1 is 1.21 bits per heavy atom. The highest BCUT2D eigenvalue weighted by molar-refractivity contribution is 7.89. The maximum atomic E-state index is 13.4. The zero-order valence-corrected chi connectivity index (χ0v) is 19.6. The van der Waals surface area contributed by atoms with Gasteiger partial charge in [0.1, 0.15) is 11.5 Å². The number of piperidine rings is 1. The summed E-state index contributed by atoms with van der Waals surface area (Å²) < 4.78 is 40.4. The van der Waals surface area contributed by atoms with Gasteiger partial charge in [-0.05, 0) is 55.5 Å². The van der Waals surface area contributed by atoms with Crippen molar-refractivity contribution in [1.29, 1.82) is 0 Å². The van der Waals surface area contributed by atoms with E-state index in [0.29, 0.717) is 31.2 Å². The van der Waals surface area contributed by atoms with Crippen LogP contribution in [0, 0.1) is 11.7 Å². The van der Waals surface area contributed by atoms with Crippen molar-refractivity contribution in [3.05, 3.63) is 59.3 Å². The molecule has 3 heterocycles. The van der Waals surface area contributed by atoms with Crippen molar-refractivity contribution in [1.82, 2.24) is 19.6 Å². The normalized spacial score (nSPS) is 15.7. The second kappa shape index (κ2) is 10.2. The molecule has 10 heteroatoms. The summed E-state index contributed by atoms with van der Waals surface area (Å²) in [4.78, 5) is 19.5. The monoisotopic (exact) mass is 492 g/mol. The summed E-state index contributed by atoms with van der Waals surface area (Å²) in [5.74, 6) is -0.320. The predicted octanol–water partition coefficient (Wildman–Crippen LogP) is 4.36. The Balaban J connectivity index is 1.17. The molecular formula is C23H26ClFN4O3S. The number of H-pyrrole nitrogens is 1. The molecule has 1 aromatic carbocycles. The van der Waals surface area contributed by atoms with Crippen LogP contribution in [0.4, 0.5) is 4.39 Å². The number of carbonyl (C=O) groups excluding carboxylic acids is 1. The lowest BCUT2D eigenvalue weighted by atomic mass is 9.92. The maximum absolute atomic E-state index is 13.4. The van der Waals surface area contributed by atoms with Gasteiger partial charge in [0, 0.05) is 42.9 Å². The fraction of sp³-hybridized carbons (Fsp3) is 0.391. The lowest BCUT2D eigenvalue weighted by Crippen LogP contribution is -2.38. The lowest BCUT2D eigenvalue weighted by Gasteiger charge is -2.31. The van der Waals surface area contributed by atoms with E-state index in [-0.39, 0.29) is 15.8 Å². The number of sulfonamides is 1. The first-order chi connectivity index (χ1) is 15.8. The molecule has 1 amide bonds. The Kier molecular flexibility index (Phi) is 7.31. The molecule has 0 bridgehead atoms. The number of fused-ring (bicyclic) bond motifs is 1. The number of benzene rings is 1. The second-order valence-corrected chi connectivity index (χ2v) is 10.7. The van der Waals surface area contributed by atoms with Crippen molar-refractivity contribution >= 4 is 38.4 Å². The van der Waals surface area contributed by atoms with Crippen LogP contribution in [0.5, 0.6) is 0 Å². The summed E-state index contributed by atoms with van der Waals surface area (Å²) in [5, 5.41) is 3.64. The Hall–Kier alpha value is -2.49. The summed E-state index contributed by atoms with van der Waals surface area (Å²) in [6.45, 7) is 1.47. The molecule has 2 aromatic heterocycles. The SMILES string of the molecule is O=C(NCCCCC1CCN(S(=O)(=O)c2ccc(F)c(Cl)c2)CC1)c1cc2cnccc2[nH]1. The van der Waals surface area contributed by atoms with E-state index < -0.39 is 15.8 Å². The van der Waals surface area contributed by atoms with E-state index in [1.807, 2.05) is 6.07 Å². The number of hydrogen-bond donors (Lipinski definition) is 2. The minimum atomic E-state index is -3.67. The summed E-state index contributed by atoms with van der Waals surface area (Å²) >= 11 is 5.75. The van der Waals surface area contributed by atoms with Crippen LogP contribution in [0.25, 0.3) is 10.9 Å². The number of halogens is 2. The summed E-state index contributed by atoms with van der Waals surface area (Å²) in [5.41, 5.74) is 1.40. The van der Waals surface area contributed by atoms with Crippen molar-refractivity contribution in [2.24, 2.45) is 5.92 Å². The molecule has 0 unspecified atom stereocenters. The molecule has 0 spiro atoms. The van der Waals surface area contributed by atoms with Gasteiger partial charge in [-0.1, -0.05) is 24.4 Å². The summed E-state index contributed by atoms with van der Waals surface area (Å²) in [7, 11) is -3.67. The number of pyridine rings is 1. The fourth-order valence-corrected chi connectivity index (χ4v) is 5.92. The first kappa shape index (κ1) is 23.7. The van der Waals surface area contributed by atoms with E-state index in [4.69, 9.17) is 11.6 Å². The fourth-order valence-electron chi connectivity index (χ4n) is 4.17. The zero-order chi connectivity index (χ0) is 23.4. The van der Waals surface area contributed by atoms with Gasteiger partial charge in [0.15, 0.2) is 0 Å². The van der Waals surface area contributed by atoms with Gasteiger partial charge in [0.05, 0.1) is 9.92 Å². The van der Waals surface area contributed by atoms with Crippen molar-refractivity contribution in [3.63, 3.8) is 0 Å². The Labute approximate surface area is 197 Å². The molecule has 176 valence electrons. The Morgan fingerprint density at radius 2 is 2.00 bits per heavy atom. The Bertz CT molecular complexity index is 1210. The number of amides is 1. The molecule has 0 saturated carbocycles. The third-order valence-electron chi connectivity index (χ3n) is 6.09. The van der Waals surface area contributed by atoms with Gasteiger partial charge in [-0.3, -0.25) is 9.78 Å². The number of hydrogen-bond acceptors (Lipinski definition) is 4. The van der Waals surface area contributed by atoms with E-state index in [9.17, 15) is 17.6 Å². The molecule has 2 N–H and O–H groups in total. The average molecular weight is 493 g/mol. The first-order valence-corrected chi connectivity index (χ1v) is 12.8. The largest absolute Gasteiger partial charge is 0.351 e. The molecule has 33 heavy (non-hydrogen) atoms. The van der Waals surface area contributed by atoms with Gasteiger partial charge in [-0.2, -0.15) is 4.31 Å². The smallest absolute Gasteiger partial charge is 0.267 e. The zero-order valence-electron chi connectivity index (χ0n) is 18.1. The van der Waals surface area contributed by atoms with Gasteiger partial charge < -0.3 is 10.3 Å². The minimum absolute atomic E-state index is 0.0225. The molecule has 1 aliphatic heterocycles. The van der Waals surface area contributed by atoms with Gasteiger partial charge in [0.2, 0.25) is 10.0 Å². The molecule has 0 atom stereocenters. The molecule has 1 saturated heterocycles. The van der Waals surface area contributed by atoms with Crippen LogP contribution in [0.2, 0.25) is 5.02 Å². The highest BCUT2D eigenvalue weighted by Gasteiger charge is 2.29. The van der Waals surface area contributed by atoms with Gasteiger partial charge >= 0.3 is 0 Å². The number of nitrogens with zero attached hydrogens (tertiary/aromatic N) is 2. The molecule has 3 aromatic rings. The van der Waals surface area contributed by atoms with Gasteiger partial charge in [-0.25, -0.2) is 12.8 Å². The predicted molar refractivity (Wildman–Crippen MR) is 125 cm³/mol. The average Bonchev–Trinajstić information content (AvgIpc) is 3.25. The standard InChI is InChI=1S/C23H26ClFN4O3S/c24-19-14-18(4-5-20(19)25)33(31,32)29-11-7-16(8-12-29)3-1-2-9-27-23(30)22-13-17-15-26-10-6-21(17)28-22/h4-6,10,13-16,28H,1-3,7-9,11-12H2,(H,27,30). The first-order valence-electron chi connectivity index (χ1n) is 11.0. The van der Waals surface area contributed by atoms with E-state index >= 15 is 0 Å². The van der Waals surface area contributed by atoms with Crippen LogP contribution < -0.4 is 5.32 Å². The van der Waals surface area contributed by atoms with Crippen LogP contribution in [0.1, 0.15) is 42.6 Å². The van der Waals surface area contributed by atoms with Crippen molar-refractivity contribution in [3.8, 4) is 0 Å². The third-order valence-corrected chi connectivity index (χ3v) is 8.28. The second-order valence-electron chi connectivity index (χ2n) is 8.32. The van der Waals surface area contributed by atoms with E-state index in [0.717, 1.165) is 49.1 Å². The van der Waals surface area contributed by atoms with Crippen molar-refractivity contribution < 1.29 is 17.6 Å². The van der Waals surface area contributed by atoms with E-state index in [1.54, 1.807) is 18.5 Å². The number of aromatic nitrogens is 2. The van der Waals surface area contributed by atoms with E-state index in [2.05, 4.69) is 15.3 Å². The summed E-state index contributed by atoms with van der Waals surface area (Å²) in [6.07, 6.45) is 7.77. The van der Waals surface area contributed by atoms with E-state index in [1.165, 1.54) is 16.4 Å². The number of rotatable bonds is 8. The van der Waals surface area contributed by atoms with Crippen LogP contribution in [-0.4, -0.2) is 48.2 Å². The Morgan fingerprint density at radius 3 is 2.73 bits per heavy atom. The number of carbonyl (C=O) groups is 1. The molecule has 0 aliphatic carbocycles. The number of nitrogens with one attached hydrogen (secondary N) is 2. The molecule has 1 fully saturated rings. The molecule has 0 radical (unpaired) electrons. The van der Waals surface area contributed by atoms with Gasteiger partial charge in [0.25, 0.3) is 5.91 Å².